The topological polar surface area (TPSA) is 77.4 Å². The molecule has 0 amide bonds. The summed E-state index contributed by atoms with van der Waals surface area (Å²) in [6.45, 7) is 2.16. The summed E-state index contributed by atoms with van der Waals surface area (Å²) in [6, 6.07) is 12.7. The lowest BCUT2D eigenvalue weighted by atomic mass is 9.59. The number of hydrogen-bond donors (Lipinski definition) is 2. The van der Waals surface area contributed by atoms with Gasteiger partial charge in [-0.2, -0.15) is 0 Å². The average molecular weight is 549 g/mol. The van der Waals surface area contributed by atoms with Crippen molar-refractivity contribution in [2.75, 3.05) is 40.6 Å². The Kier molecular flexibility index (Phi) is 6.89. The minimum atomic E-state index is -0.140. The Morgan fingerprint density at radius 2 is 1.15 bits per heavy atom. The predicted octanol–water partition coefficient (Wildman–Crippen LogP) is 5.03. The Morgan fingerprint density at radius 3 is 1.55 bits per heavy atom. The van der Waals surface area contributed by atoms with E-state index in [-0.39, 0.29) is 24.4 Å². The highest BCUT2D eigenvalue weighted by molar-refractivity contribution is 5.48. The molecule has 40 heavy (non-hydrogen) atoms. The number of aliphatic hydroxyl groups is 2. The molecule has 2 aromatic carbocycles. The molecular weight excluding hydrogens is 504 g/mol. The molecule has 4 bridgehead atoms. The van der Waals surface area contributed by atoms with E-state index in [4.69, 9.17) is 18.9 Å². The summed E-state index contributed by atoms with van der Waals surface area (Å²) in [5.74, 6) is 4.48. The van der Waals surface area contributed by atoms with Crippen molar-refractivity contribution in [2.45, 2.75) is 74.4 Å². The van der Waals surface area contributed by atoms with Crippen LogP contribution in [0, 0.1) is 23.7 Å². The van der Waals surface area contributed by atoms with Crippen LogP contribution >= 0.6 is 0 Å². The van der Waals surface area contributed by atoms with Gasteiger partial charge in [0.25, 0.3) is 0 Å². The van der Waals surface area contributed by atoms with E-state index >= 15 is 0 Å². The average Bonchev–Trinajstić information content (AvgIpc) is 3.37. The van der Waals surface area contributed by atoms with Gasteiger partial charge >= 0.3 is 0 Å². The SMILES string of the molecule is COc1cccc2c1[C@@H]1CC[C@H]3CO[C@]1(CC2)[C@@H]3CO.COc1cccc2c1[C@H]1CC[C@@H]3CO[C@@]1(CC2)[C@H]3CO. The van der Waals surface area contributed by atoms with Gasteiger partial charge in [0.05, 0.1) is 38.6 Å². The molecule has 2 heterocycles. The van der Waals surface area contributed by atoms with Crippen LogP contribution < -0.4 is 9.47 Å². The van der Waals surface area contributed by atoms with Crippen molar-refractivity contribution in [1.82, 2.24) is 0 Å². The van der Waals surface area contributed by atoms with Crippen LogP contribution in [0.4, 0.5) is 0 Å². The molecule has 4 fully saturated rings. The van der Waals surface area contributed by atoms with Crippen molar-refractivity contribution in [3.63, 3.8) is 0 Å². The molecule has 0 aromatic heterocycles. The standard InChI is InChI=1S/2C17H22O3/c2*1-19-15-4-2-3-11-7-8-17-13(16(11)15)6-5-12(10-20-17)14(17)9-18/h2*2-4,12-14,18H,5-10H2,1H3/t2*12-,13-,14+,17-/m10/s1. The Hall–Kier alpha value is -2.12. The molecule has 2 spiro atoms. The molecule has 8 atom stereocenters. The summed E-state index contributed by atoms with van der Waals surface area (Å²) in [5, 5.41) is 19.7. The molecule has 6 heteroatoms. The zero-order valence-electron chi connectivity index (χ0n) is 23.9. The van der Waals surface area contributed by atoms with Crippen molar-refractivity contribution < 1.29 is 29.2 Å². The largest absolute Gasteiger partial charge is 0.496 e. The molecular formula is C34H44O6. The van der Waals surface area contributed by atoms with Crippen LogP contribution in [-0.2, 0) is 22.3 Å². The molecule has 2 saturated carbocycles. The van der Waals surface area contributed by atoms with E-state index in [9.17, 15) is 10.2 Å². The molecule has 6 aliphatic rings. The number of ether oxygens (including phenoxy) is 4. The first kappa shape index (κ1) is 26.8. The fourth-order valence-corrected chi connectivity index (χ4v) is 9.98. The summed E-state index contributed by atoms with van der Waals surface area (Å²) in [7, 11) is 3.50. The third-order valence-corrected chi connectivity index (χ3v) is 11.8. The smallest absolute Gasteiger partial charge is 0.122 e. The molecule has 216 valence electrons. The number of rotatable bonds is 4. The van der Waals surface area contributed by atoms with Gasteiger partial charge in [-0.1, -0.05) is 24.3 Å². The molecule has 2 aromatic rings. The first-order valence-electron chi connectivity index (χ1n) is 15.4. The molecule has 8 rings (SSSR count). The quantitative estimate of drug-likeness (QED) is 0.559. The zero-order valence-corrected chi connectivity index (χ0v) is 23.9. The second-order valence-electron chi connectivity index (χ2n) is 13.0. The van der Waals surface area contributed by atoms with Crippen LogP contribution in [0.3, 0.4) is 0 Å². The summed E-state index contributed by atoms with van der Waals surface area (Å²) < 4.78 is 23.9. The van der Waals surface area contributed by atoms with E-state index in [2.05, 4.69) is 36.4 Å². The normalized spacial score (nSPS) is 38.2. The number of aryl methyl sites for hydroxylation is 2. The van der Waals surface area contributed by atoms with E-state index in [1.54, 1.807) is 14.2 Å². The third-order valence-electron chi connectivity index (χ3n) is 11.8. The maximum Gasteiger partial charge on any atom is 0.122 e. The zero-order chi connectivity index (χ0) is 27.5. The maximum absolute atomic E-state index is 9.87. The number of hydrogen-bond acceptors (Lipinski definition) is 6. The van der Waals surface area contributed by atoms with E-state index in [0.717, 1.165) is 76.1 Å². The lowest BCUT2D eigenvalue weighted by molar-refractivity contribution is -0.0747. The molecule has 2 saturated heterocycles. The van der Waals surface area contributed by atoms with Gasteiger partial charge in [-0.15, -0.1) is 0 Å². The second kappa shape index (κ2) is 10.3. The van der Waals surface area contributed by atoms with Crippen molar-refractivity contribution in [3.8, 4) is 11.5 Å². The van der Waals surface area contributed by atoms with Gasteiger partial charge in [0.1, 0.15) is 11.5 Å². The van der Waals surface area contributed by atoms with Gasteiger partial charge in [0.2, 0.25) is 0 Å². The van der Waals surface area contributed by atoms with Crippen molar-refractivity contribution in [3.05, 3.63) is 58.7 Å². The highest BCUT2D eigenvalue weighted by atomic mass is 16.5. The summed E-state index contributed by atoms with van der Waals surface area (Å²) in [5.41, 5.74) is 5.23. The monoisotopic (exact) mass is 548 g/mol. The van der Waals surface area contributed by atoms with Gasteiger partial charge in [-0.3, -0.25) is 0 Å². The summed E-state index contributed by atoms with van der Waals surface area (Å²) in [4.78, 5) is 0. The predicted molar refractivity (Wildman–Crippen MR) is 152 cm³/mol. The molecule has 2 aliphatic heterocycles. The molecule has 0 radical (unpaired) electrons. The molecule has 6 nitrogen and oxygen atoms in total. The number of fused-ring (bicyclic) bond motifs is 6. The molecule has 2 N–H and O–H groups in total. The highest BCUT2D eigenvalue weighted by Gasteiger charge is 2.60. The second-order valence-corrected chi connectivity index (χ2v) is 13.0. The fraction of sp³-hybridized carbons (Fsp3) is 0.647. The lowest BCUT2D eigenvalue weighted by Gasteiger charge is -2.48. The van der Waals surface area contributed by atoms with Gasteiger partial charge in [-0.25, -0.2) is 0 Å². The third kappa shape index (κ3) is 3.75. The van der Waals surface area contributed by atoms with Gasteiger partial charge in [0, 0.05) is 48.0 Å². The van der Waals surface area contributed by atoms with Crippen LogP contribution in [0.5, 0.6) is 11.5 Å². The number of methoxy groups -OCH3 is 2. The summed E-state index contributed by atoms with van der Waals surface area (Å²) in [6.07, 6.45) is 8.80. The minimum Gasteiger partial charge on any atom is -0.496 e. The van der Waals surface area contributed by atoms with E-state index < -0.39 is 0 Å². The van der Waals surface area contributed by atoms with E-state index in [0.29, 0.717) is 35.5 Å². The number of aliphatic hydroxyl groups excluding tert-OH is 2. The highest BCUT2D eigenvalue weighted by Crippen LogP contribution is 2.61. The summed E-state index contributed by atoms with van der Waals surface area (Å²) >= 11 is 0. The van der Waals surface area contributed by atoms with Crippen molar-refractivity contribution in [2.24, 2.45) is 23.7 Å². The van der Waals surface area contributed by atoms with Crippen LogP contribution in [0.1, 0.15) is 72.6 Å². The van der Waals surface area contributed by atoms with Crippen LogP contribution in [0.25, 0.3) is 0 Å². The molecule has 0 unspecified atom stereocenters. The van der Waals surface area contributed by atoms with Gasteiger partial charge in [0.15, 0.2) is 0 Å². The fourth-order valence-electron chi connectivity index (χ4n) is 9.98. The van der Waals surface area contributed by atoms with Gasteiger partial charge < -0.3 is 29.2 Å². The number of benzene rings is 2. The minimum absolute atomic E-state index is 0.140. The van der Waals surface area contributed by atoms with Crippen molar-refractivity contribution in [1.29, 1.82) is 0 Å². The van der Waals surface area contributed by atoms with E-state index in [1.165, 1.54) is 22.3 Å². The van der Waals surface area contributed by atoms with Crippen LogP contribution in [0.15, 0.2) is 36.4 Å². The van der Waals surface area contributed by atoms with Gasteiger partial charge in [-0.05, 0) is 86.5 Å². The Balaban J connectivity index is 0.000000132. The van der Waals surface area contributed by atoms with E-state index in [1.807, 2.05) is 0 Å². The van der Waals surface area contributed by atoms with Crippen molar-refractivity contribution >= 4 is 0 Å². The maximum atomic E-state index is 9.87. The molecule has 4 aliphatic carbocycles. The Morgan fingerprint density at radius 1 is 0.700 bits per heavy atom. The Labute approximate surface area is 238 Å². The van der Waals surface area contributed by atoms with Crippen LogP contribution in [-0.4, -0.2) is 62.1 Å². The first-order chi connectivity index (χ1) is 19.6. The first-order valence-corrected chi connectivity index (χ1v) is 15.4. The Bertz CT molecular complexity index is 1120. The lowest BCUT2D eigenvalue weighted by Crippen LogP contribution is -2.50. The van der Waals surface area contributed by atoms with Crippen LogP contribution in [0.2, 0.25) is 0 Å².